The Morgan fingerprint density at radius 3 is 3.06 bits per heavy atom. The Bertz CT molecular complexity index is 392. The molecule has 1 atom stereocenters. The summed E-state index contributed by atoms with van der Waals surface area (Å²) >= 11 is 0. The molecule has 0 aromatic heterocycles. The quantitative estimate of drug-likeness (QED) is 0.836. The molecule has 0 saturated carbocycles. The molecule has 1 fully saturated rings. The summed E-state index contributed by atoms with van der Waals surface area (Å²) in [5.41, 5.74) is 2.45. The molecule has 1 saturated heterocycles. The van der Waals surface area contributed by atoms with Crippen molar-refractivity contribution in [2.45, 2.75) is 38.6 Å². The van der Waals surface area contributed by atoms with Crippen LogP contribution in [0.5, 0.6) is 5.75 Å². The monoisotopic (exact) mass is 231 g/mol. The molecule has 1 aromatic rings. The van der Waals surface area contributed by atoms with Crippen LogP contribution in [0.3, 0.4) is 0 Å². The number of nitrogens with one attached hydrogen (secondary N) is 1. The highest BCUT2D eigenvalue weighted by atomic mass is 16.3. The molecular weight excluding hydrogens is 210 g/mol. The predicted molar refractivity (Wildman–Crippen MR) is 72.0 cm³/mol. The van der Waals surface area contributed by atoms with Crippen molar-refractivity contribution in [3.05, 3.63) is 35.4 Å². The molecule has 0 amide bonds. The summed E-state index contributed by atoms with van der Waals surface area (Å²) in [7, 11) is 0. The lowest BCUT2D eigenvalue weighted by atomic mass is 9.97. The van der Waals surface area contributed by atoms with Crippen molar-refractivity contribution >= 4 is 6.08 Å². The minimum atomic E-state index is 0.336. The molecule has 0 radical (unpaired) electrons. The molecule has 1 aromatic carbocycles. The molecule has 2 heteroatoms. The molecule has 92 valence electrons. The van der Waals surface area contributed by atoms with Gasteiger partial charge in [0.25, 0.3) is 0 Å². The first-order valence-electron chi connectivity index (χ1n) is 6.43. The number of phenols is 1. The average molecular weight is 231 g/mol. The predicted octanol–water partition coefficient (Wildman–Crippen LogP) is 3.33. The molecule has 2 N–H and O–H groups in total. The van der Waals surface area contributed by atoms with Crippen LogP contribution in [-0.2, 0) is 0 Å². The zero-order chi connectivity index (χ0) is 12.1. The van der Waals surface area contributed by atoms with Crippen molar-refractivity contribution in [3.8, 4) is 5.75 Å². The van der Waals surface area contributed by atoms with E-state index in [1.807, 2.05) is 12.1 Å². The molecule has 2 rings (SSSR count). The van der Waals surface area contributed by atoms with E-state index in [-0.39, 0.29) is 0 Å². The summed E-state index contributed by atoms with van der Waals surface area (Å²) in [5, 5.41) is 13.0. The molecule has 1 aliphatic heterocycles. The van der Waals surface area contributed by atoms with Crippen LogP contribution in [0.2, 0.25) is 0 Å². The molecule has 1 aliphatic rings. The van der Waals surface area contributed by atoms with E-state index in [9.17, 15) is 5.11 Å². The second-order valence-corrected chi connectivity index (χ2v) is 4.94. The maximum atomic E-state index is 9.41. The van der Waals surface area contributed by atoms with Gasteiger partial charge in [-0.1, -0.05) is 30.2 Å². The Hall–Kier alpha value is -1.28. The third kappa shape index (κ3) is 3.90. The van der Waals surface area contributed by atoms with Crippen LogP contribution in [0.1, 0.15) is 38.2 Å². The highest BCUT2D eigenvalue weighted by Crippen LogP contribution is 2.18. The first-order chi connectivity index (χ1) is 8.24. The van der Waals surface area contributed by atoms with Crippen LogP contribution in [0, 0.1) is 0 Å². The minimum absolute atomic E-state index is 0.336. The summed E-state index contributed by atoms with van der Waals surface area (Å²) in [6, 6.07) is 8.05. The SMILES string of the molecule is C/C(=C/c1cccc(O)c1)CC1CCCCN1. The van der Waals surface area contributed by atoms with Crippen LogP contribution in [0.25, 0.3) is 6.08 Å². The van der Waals surface area contributed by atoms with E-state index in [1.54, 1.807) is 12.1 Å². The van der Waals surface area contributed by atoms with Crippen molar-refractivity contribution < 1.29 is 5.11 Å². The zero-order valence-electron chi connectivity index (χ0n) is 10.4. The van der Waals surface area contributed by atoms with Gasteiger partial charge in [0.05, 0.1) is 0 Å². The van der Waals surface area contributed by atoms with Gasteiger partial charge in [0.2, 0.25) is 0 Å². The fourth-order valence-electron chi connectivity index (χ4n) is 2.44. The van der Waals surface area contributed by atoms with Crippen LogP contribution in [0.15, 0.2) is 29.8 Å². The molecule has 17 heavy (non-hydrogen) atoms. The Labute approximate surface area is 103 Å². The van der Waals surface area contributed by atoms with Crippen molar-refractivity contribution in [2.24, 2.45) is 0 Å². The topological polar surface area (TPSA) is 32.3 Å². The molecule has 1 unspecified atom stereocenters. The second kappa shape index (κ2) is 5.87. The summed E-state index contributed by atoms with van der Waals surface area (Å²) in [5.74, 6) is 0.336. The van der Waals surface area contributed by atoms with Crippen molar-refractivity contribution in [1.82, 2.24) is 5.32 Å². The number of hydrogen-bond acceptors (Lipinski definition) is 2. The summed E-state index contributed by atoms with van der Waals surface area (Å²) in [4.78, 5) is 0. The average Bonchev–Trinajstić information content (AvgIpc) is 2.30. The molecule has 1 heterocycles. The number of hydrogen-bond donors (Lipinski definition) is 2. The summed E-state index contributed by atoms with van der Waals surface area (Å²) < 4.78 is 0. The van der Waals surface area contributed by atoms with Gasteiger partial charge in [-0.15, -0.1) is 0 Å². The van der Waals surface area contributed by atoms with E-state index in [0.717, 1.165) is 18.5 Å². The number of benzene rings is 1. The maximum Gasteiger partial charge on any atom is 0.116 e. The maximum absolute atomic E-state index is 9.41. The highest BCUT2D eigenvalue weighted by Gasteiger charge is 2.12. The van der Waals surface area contributed by atoms with E-state index in [0.29, 0.717) is 11.8 Å². The Morgan fingerprint density at radius 2 is 2.35 bits per heavy atom. The standard InChI is InChI=1S/C15H21NO/c1-12(10-14-6-2-3-8-16-14)9-13-5-4-7-15(17)11-13/h4-5,7,9,11,14,16-17H,2-3,6,8,10H2,1H3/b12-9-. The second-order valence-electron chi connectivity index (χ2n) is 4.94. The summed E-state index contributed by atoms with van der Waals surface area (Å²) in [6.07, 6.45) is 7.21. The lowest BCUT2D eigenvalue weighted by Crippen LogP contribution is -2.33. The number of rotatable bonds is 3. The fraction of sp³-hybridized carbons (Fsp3) is 0.467. The lowest BCUT2D eigenvalue weighted by molar-refractivity contribution is 0.399. The van der Waals surface area contributed by atoms with Gasteiger partial charge < -0.3 is 10.4 Å². The number of phenolic OH excluding ortho intramolecular Hbond substituents is 1. The van der Waals surface area contributed by atoms with Crippen molar-refractivity contribution in [1.29, 1.82) is 0 Å². The van der Waals surface area contributed by atoms with Gasteiger partial charge in [-0.3, -0.25) is 0 Å². The van der Waals surface area contributed by atoms with Gasteiger partial charge in [-0.05, 0) is 50.4 Å². The van der Waals surface area contributed by atoms with E-state index in [1.165, 1.54) is 24.8 Å². The lowest BCUT2D eigenvalue weighted by Gasteiger charge is -2.23. The van der Waals surface area contributed by atoms with Crippen LogP contribution in [-0.4, -0.2) is 17.7 Å². The van der Waals surface area contributed by atoms with Crippen molar-refractivity contribution in [3.63, 3.8) is 0 Å². The Balaban J connectivity index is 1.96. The van der Waals surface area contributed by atoms with Gasteiger partial charge in [0, 0.05) is 6.04 Å². The van der Waals surface area contributed by atoms with Gasteiger partial charge in [-0.25, -0.2) is 0 Å². The Kier molecular flexibility index (Phi) is 4.21. The largest absolute Gasteiger partial charge is 0.508 e. The first-order valence-corrected chi connectivity index (χ1v) is 6.43. The molecule has 2 nitrogen and oxygen atoms in total. The van der Waals surface area contributed by atoms with Gasteiger partial charge in [-0.2, -0.15) is 0 Å². The first kappa shape index (κ1) is 12.2. The number of piperidine rings is 1. The van der Waals surface area contributed by atoms with Crippen LogP contribution >= 0.6 is 0 Å². The van der Waals surface area contributed by atoms with Gasteiger partial charge >= 0.3 is 0 Å². The minimum Gasteiger partial charge on any atom is -0.508 e. The van der Waals surface area contributed by atoms with Gasteiger partial charge in [0.15, 0.2) is 0 Å². The third-order valence-corrected chi connectivity index (χ3v) is 3.26. The Morgan fingerprint density at radius 1 is 1.47 bits per heavy atom. The summed E-state index contributed by atoms with van der Waals surface area (Å²) in [6.45, 7) is 3.32. The van der Waals surface area contributed by atoms with Crippen molar-refractivity contribution in [2.75, 3.05) is 6.54 Å². The van der Waals surface area contributed by atoms with Gasteiger partial charge in [0.1, 0.15) is 5.75 Å². The van der Waals surface area contributed by atoms with E-state index in [2.05, 4.69) is 18.3 Å². The van der Waals surface area contributed by atoms with E-state index >= 15 is 0 Å². The molecular formula is C15H21NO. The molecule has 0 spiro atoms. The fourth-order valence-corrected chi connectivity index (χ4v) is 2.44. The smallest absolute Gasteiger partial charge is 0.116 e. The normalized spacial score (nSPS) is 21.5. The van der Waals surface area contributed by atoms with Crippen LogP contribution in [0.4, 0.5) is 0 Å². The molecule has 0 aliphatic carbocycles. The third-order valence-electron chi connectivity index (χ3n) is 3.26. The van der Waals surface area contributed by atoms with Crippen LogP contribution < -0.4 is 5.32 Å². The highest BCUT2D eigenvalue weighted by molar-refractivity contribution is 5.54. The van der Waals surface area contributed by atoms with E-state index in [4.69, 9.17) is 0 Å². The zero-order valence-corrected chi connectivity index (χ0v) is 10.4. The van der Waals surface area contributed by atoms with E-state index < -0.39 is 0 Å². The number of aromatic hydroxyl groups is 1. The molecule has 0 bridgehead atoms.